The maximum atomic E-state index is 9.21. The van der Waals surface area contributed by atoms with E-state index in [0.29, 0.717) is 0 Å². The molecule has 0 atom stereocenters. The second kappa shape index (κ2) is 6.68. The van der Waals surface area contributed by atoms with Gasteiger partial charge in [-0.15, -0.1) is 0 Å². The standard InChI is InChI=1S/C7H8O.C2H3ClO/c1-8-7-5-3-2-4-6-7;1-2(3)4/h2-6H,1H3;1H3. The van der Waals surface area contributed by atoms with E-state index in [-0.39, 0.29) is 5.24 Å². The van der Waals surface area contributed by atoms with Crippen LogP contribution in [0.3, 0.4) is 0 Å². The van der Waals surface area contributed by atoms with E-state index in [2.05, 4.69) is 11.6 Å². The highest BCUT2D eigenvalue weighted by atomic mass is 35.5. The Morgan fingerprint density at radius 2 is 1.75 bits per heavy atom. The summed E-state index contributed by atoms with van der Waals surface area (Å²) >= 11 is 4.64. The van der Waals surface area contributed by atoms with E-state index in [1.165, 1.54) is 6.92 Å². The number of rotatable bonds is 1. The Kier molecular flexibility index (Phi) is 6.11. The van der Waals surface area contributed by atoms with Gasteiger partial charge in [0.05, 0.1) is 7.11 Å². The van der Waals surface area contributed by atoms with Crippen LogP contribution >= 0.6 is 11.6 Å². The zero-order valence-corrected chi connectivity index (χ0v) is 7.84. The first-order valence-corrected chi connectivity index (χ1v) is 3.79. The maximum Gasteiger partial charge on any atom is 0.218 e. The first-order valence-electron chi connectivity index (χ1n) is 3.42. The summed E-state index contributed by atoms with van der Waals surface area (Å²) in [5.41, 5.74) is 0. The van der Waals surface area contributed by atoms with E-state index in [0.717, 1.165) is 5.75 Å². The van der Waals surface area contributed by atoms with Crippen molar-refractivity contribution in [3.63, 3.8) is 0 Å². The highest BCUT2D eigenvalue weighted by Gasteiger charge is 1.80. The number of hydrogen-bond acceptors (Lipinski definition) is 2. The molecule has 12 heavy (non-hydrogen) atoms. The van der Waals surface area contributed by atoms with E-state index in [4.69, 9.17) is 4.74 Å². The number of carbonyl (C=O) groups excluding carboxylic acids is 1. The Morgan fingerprint density at radius 3 is 2.00 bits per heavy atom. The highest BCUT2D eigenvalue weighted by molar-refractivity contribution is 6.62. The van der Waals surface area contributed by atoms with Crippen LogP contribution in [0.4, 0.5) is 0 Å². The number of carbonyl (C=O) groups is 1. The Morgan fingerprint density at radius 1 is 1.33 bits per heavy atom. The molecule has 1 aromatic carbocycles. The van der Waals surface area contributed by atoms with Crippen LogP contribution in [-0.2, 0) is 4.79 Å². The monoisotopic (exact) mass is 186 g/mol. The summed E-state index contributed by atoms with van der Waals surface area (Å²) in [5.74, 6) is 0.910. The van der Waals surface area contributed by atoms with Crippen molar-refractivity contribution in [1.29, 1.82) is 0 Å². The van der Waals surface area contributed by atoms with Crippen molar-refractivity contribution in [3.8, 4) is 5.75 Å². The van der Waals surface area contributed by atoms with E-state index in [1.54, 1.807) is 7.11 Å². The zero-order chi connectivity index (χ0) is 9.40. The number of hydrogen-bond donors (Lipinski definition) is 0. The lowest BCUT2D eigenvalue weighted by Crippen LogP contribution is -1.78. The molecule has 3 heteroatoms. The quantitative estimate of drug-likeness (QED) is 0.630. The van der Waals surface area contributed by atoms with Crippen molar-refractivity contribution in [2.75, 3.05) is 7.11 Å². The fourth-order valence-electron chi connectivity index (χ4n) is 0.557. The molecule has 0 unspecified atom stereocenters. The second-order valence-electron chi connectivity index (χ2n) is 1.99. The molecule has 0 radical (unpaired) electrons. The topological polar surface area (TPSA) is 26.3 Å². The molecule has 0 aliphatic carbocycles. The summed E-state index contributed by atoms with van der Waals surface area (Å²) in [4.78, 5) is 9.21. The third kappa shape index (κ3) is 7.09. The summed E-state index contributed by atoms with van der Waals surface area (Å²) in [6.07, 6.45) is 0. The van der Waals surface area contributed by atoms with Crippen molar-refractivity contribution in [3.05, 3.63) is 30.3 Å². The zero-order valence-electron chi connectivity index (χ0n) is 7.08. The molecule has 2 nitrogen and oxygen atoms in total. The van der Waals surface area contributed by atoms with E-state index in [1.807, 2.05) is 30.3 Å². The SMILES string of the molecule is CC(=O)Cl.COc1ccccc1. The second-order valence-corrected chi connectivity index (χ2v) is 2.52. The van der Waals surface area contributed by atoms with Gasteiger partial charge in [-0.05, 0) is 23.7 Å². The molecule has 0 N–H and O–H groups in total. The molecule has 0 saturated carbocycles. The van der Waals surface area contributed by atoms with Gasteiger partial charge in [0.15, 0.2) is 0 Å². The third-order valence-electron chi connectivity index (χ3n) is 0.979. The van der Waals surface area contributed by atoms with Crippen molar-refractivity contribution in [2.45, 2.75) is 6.92 Å². The van der Waals surface area contributed by atoms with Gasteiger partial charge in [-0.2, -0.15) is 0 Å². The minimum absolute atomic E-state index is 0.361. The Hall–Kier alpha value is -1.02. The molecule has 0 aromatic heterocycles. The van der Waals surface area contributed by atoms with Crippen LogP contribution < -0.4 is 4.74 Å². The summed E-state index contributed by atoms with van der Waals surface area (Å²) in [7, 11) is 1.66. The molecule has 0 spiro atoms. The van der Waals surface area contributed by atoms with Crippen molar-refractivity contribution >= 4 is 16.8 Å². The molecule has 0 amide bonds. The highest BCUT2D eigenvalue weighted by Crippen LogP contribution is 2.05. The van der Waals surface area contributed by atoms with Crippen molar-refractivity contribution in [2.24, 2.45) is 0 Å². The molecule has 0 aliphatic rings. The van der Waals surface area contributed by atoms with Crippen LogP contribution in [-0.4, -0.2) is 12.4 Å². The smallest absolute Gasteiger partial charge is 0.218 e. The summed E-state index contributed by atoms with van der Waals surface area (Å²) in [5, 5.41) is -0.361. The van der Waals surface area contributed by atoms with Crippen LogP contribution in [0, 0.1) is 0 Å². The Labute approximate surface area is 77.1 Å². The van der Waals surface area contributed by atoms with Gasteiger partial charge in [-0.1, -0.05) is 18.2 Å². The van der Waals surface area contributed by atoms with Gasteiger partial charge in [0.2, 0.25) is 5.24 Å². The van der Waals surface area contributed by atoms with Gasteiger partial charge in [0.25, 0.3) is 0 Å². The normalized spacial score (nSPS) is 7.92. The predicted molar refractivity (Wildman–Crippen MR) is 49.5 cm³/mol. The molecule has 0 heterocycles. The number of halogens is 1. The molecular weight excluding hydrogens is 176 g/mol. The first-order chi connectivity index (χ1) is 5.66. The molecule has 1 aromatic rings. The Bertz CT molecular complexity index is 217. The predicted octanol–water partition coefficient (Wildman–Crippen LogP) is 2.47. The minimum Gasteiger partial charge on any atom is -0.497 e. The first kappa shape index (κ1) is 11.0. The number of methoxy groups -OCH3 is 1. The van der Waals surface area contributed by atoms with Crippen molar-refractivity contribution < 1.29 is 9.53 Å². The van der Waals surface area contributed by atoms with Crippen LogP contribution in [0.25, 0.3) is 0 Å². The molecule has 0 fully saturated rings. The maximum absolute atomic E-state index is 9.21. The minimum atomic E-state index is -0.361. The van der Waals surface area contributed by atoms with Gasteiger partial charge < -0.3 is 4.74 Å². The lowest BCUT2D eigenvalue weighted by molar-refractivity contribution is -0.109. The van der Waals surface area contributed by atoms with E-state index in [9.17, 15) is 4.79 Å². The molecular formula is C9H11ClO2. The lowest BCUT2D eigenvalue weighted by Gasteiger charge is -1.93. The van der Waals surface area contributed by atoms with Gasteiger partial charge in [0.1, 0.15) is 5.75 Å². The van der Waals surface area contributed by atoms with Crippen LogP contribution in [0.15, 0.2) is 30.3 Å². The average Bonchev–Trinajstić information content (AvgIpc) is 2.05. The number of para-hydroxylation sites is 1. The number of benzene rings is 1. The Balaban J connectivity index is 0.000000261. The third-order valence-corrected chi connectivity index (χ3v) is 0.979. The lowest BCUT2D eigenvalue weighted by atomic mass is 10.3. The van der Waals surface area contributed by atoms with Gasteiger partial charge in [0, 0.05) is 6.92 Å². The summed E-state index contributed by atoms with van der Waals surface area (Å²) < 4.78 is 4.91. The largest absolute Gasteiger partial charge is 0.497 e. The van der Waals surface area contributed by atoms with Crippen molar-refractivity contribution in [1.82, 2.24) is 0 Å². The fraction of sp³-hybridized carbons (Fsp3) is 0.222. The molecule has 66 valence electrons. The molecule has 1 rings (SSSR count). The fourth-order valence-corrected chi connectivity index (χ4v) is 0.557. The molecule has 0 saturated heterocycles. The van der Waals surface area contributed by atoms with Gasteiger partial charge in [-0.25, -0.2) is 0 Å². The summed E-state index contributed by atoms with van der Waals surface area (Å²) in [6, 6.07) is 9.68. The van der Waals surface area contributed by atoms with Crippen LogP contribution in [0.5, 0.6) is 5.75 Å². The number of ether oxygens (including phenoxy) is 1. The molecule has 0 aliphatic heterocycles. The van der Waals surface area contributed by atoms with E-state index >= 15 is 0 Å². The molecule has 0 bridgehead atoms. The van der Waals surface area contributed by atoms with Gasteiger partial charge in [-0.3, -0.25) is 4.79 Å². The summed E-state index contributed by atoms with van der Waals surface area (Å²) in [6.45, 7) is 1.29. The van der Waals surface area contributed by atoms with Crippen LogP contribution in [0.2, 0.25) is 0 Å². The van der Waals surface area contributed by atoms with E-state index < -0.39 is 0 Å². The van der Waals surface area contributed by atoms with Gasteiger partial charge >= 0.3 is 0 Å². The van der Waals surface area contributed by atoms with Crippen LogP contribution in [0.1, 0.15) is 6.92 Å². The average molecular weight is 187 g/mol.